The SMILES string of the molecule is CCOc1ccc2nc(NS(=O)(=O)C3CC3)sc2c1. The minimum atomic E-state index is -3.24. The number of hydrogen-bond donors (Lipinski definition) is 1. The number of sulfonamides is 1. The molecule has 0 aliphatic heterocycles. The molecule has 1 N–H and O–H groups in total. The van der Waals surface area contributed by atoms with Gasteiger partial charge in [0.25, 0.3) is 0 Å². The summed E-state index contributed by atoms with van der Waals surface area (Å²) in [4.78, 5) is 4.28. The van der Waals surface area contributed by atoms with Gasteiger partial charge in [-0.3, -0.25) is 4.72 Å². The Morgan fingerprint density at radius 2 is 2.26 bits per heavy atom. The molecule has 19 heavy (non-hydrogen) atoms. The Hall–Kier alpha value is -1.34. The van der Waals surface area contributed by atoms with E-state index in [2.05, 4.69) is 9.71 Å². The molecule has 0 unspecified atom stereocenters. The molecule has 1 saturated carbocycles. The lowest BCUT2D eigenvalue weighted by molar-refractivity contribution is 0.341. The van der Waals surface area contributed by atoms with Crippen molar-refractivity contribution in [2.45, 2.75) is 25.0 Å². The topological polar surface area (TPSA) is 68.3 Å². The third-order valence-electron chi connectivity index (χ3n) is 2.86. The quantitative estimate of drug-likeness (QED) is 0.921. The van der Waals surface area contributed by atoms with Crippen LogP contribution in [0, 0.1) is 0 Å². The van der Waals surface area contributed by atoms with Gasteiger partial charge in [-0.05, 0) is 38.0 Å². The van der Waals surface area contributed by atoms with Crippen molar-refractivity contribution in [3.05, 3.63) is 18.2 Å². The molecular weight excluding hydrogens is 284 g/mol. The second-order valence-corrected chi connectivity index (χ2v) is 7.42. The van der Waals surface area contributed by atoms with Crippen LogP contribution in [0.25, 0.3) is 10.2 Å². The maximum Gasteiger partial charge on any atom is 0.237 e. The normalized spacial score (nSPS) is 15.6. The first-order valence-electron chi connectivity index (χ1n) is 6.13. The molecule has 1 aromatic carbocycles. The van der Waals surface area contributed by atoms with Crippen molar-refractivity contribution in [2.24, 2.45) is 0 Å². The highest BCUT2D eigenvalue weighted by molar-refractivity contribution is 7.93. The number of thiazole rings is 1. The average molecular weight is 298 g/mol. The molecule has 1 heterocycles. The van der Waals surface area contributed by atoms with Crippen molar-refractivity contribution in [3.8, 4) is 5.75 Å². The fourth-order valence-corrected chi connectivity index (χ4v) is 4.26. The summed E-state index contributed by atoms with van der Waals surface area (Å²) >= 11 is 1.33. The highest BCUT2D eigenvalue weighted by atomic mass is 32.2. The Bertz CT molecular complexity index is 705. The third kappa shape index (κ3) is 2.66. The van der Waals surface area contributed by atoms with Crippen LogP contribution >= 0.6 is 11.3 Å². The lowest BCUT2D eigenvalue weighted by Crippen LogP contribution is -2.16. The zero-order chi connectivity index (χ0) is 13.5. The molecule has 0 saturated heterocycles. The van der Waals surface area contributed by atoms with Crippen LogP contribution < -0.4 is 9.46 Å². The largest absolute Gasteiger partial charge is 0.494 e. The Morgan fingerprint density at radius 3 is 2.95 bits per heavy atom. The molecule has 1 aliphatic rings. The summed E-state index contributed by atoms with van der Waals surface area (Å²) in [6.07, 6.45) is 1.49. The van der Waals surface area contributed by atoms with Crippen molar-refractivity contribution in [2.75, 3.05) is 11.3 Å². The van der Waals surface area contributed by atoms with Gasteiger partial charge in [0.1, 0.15) is 5.75 Å². The molecule has 0 bridgehead atoms. The van der Waals surface area contributed by atoms with Crippen molar-refractivity contribution in [1.29, 1.82) is 0 Å². The number of rotatable bonds is 5. The molecule has 5 nitrogen and oxygen atoms in total. The highest BCUT2D eigenvalue weighted by Gasteiger charge is 2.36. The zero-order valence-corrected chi connectivity index (χ0v) is 12.1. The average Bonchev–Trinajstić information content (AvgIpc) is 3.12. The van der Waals surface area contributed by atoms with E-state index in [4.69, 9.17) is 4.74 Å². The Balaban J connectivity index is 1.88. The van der Waals surface area contributed by atoms with Gasteiger partial charge in [-0.1, -0.05) is 11.3 Å². The maximum atomic E-state index is 11.8. The molecule has 3 rings (SSSR count). The van der Waals surface area contributed by atoms with Crippen LogP contribution in [-0.2, 0) is 10.0 Å². The molecular formula is C12H14N2O3S2. The van der Waals surface area contributed by atoms with Crippen LogP contribution in [-0.4, -0.2) is 25.3 Å². The number of ether oxygens (including phenoxy) is 1. The summed E-state index contributed by atoms with van der Waals surface area (Å²) in [6.45, 7) is 2.53. The van der Waals surface area contributed by atoms with E-state index in [1.165, 1.54) is 11.3 Å². The first kappa shape index (κ1) is 12.7. The number of aromatic nitrogens is 1. The molecule has 0 atom stereocenters. The van der Waals surface area contributed by atoms with Gasteiger partial charge in [0.2, 0.25) is 10.0 Å². The van der Waals surface area contributed by atoms with E-state index < -0.39 is 10.0 Å². The molecule has 1 fully saturated rings. The second kappa shape index (κ2) is 4.64. The lowest BCUT2D eigenvalue weighted by Gasteiger charge is -2.01. The van der Waals surface area contributed by atoms with Gasteiger partial charge in [-0.2, -0.15) is 0 Å². The van der Waals surface area contributed by atoms with Crippen molar-refractivity contribution < 1.29 is 13.2 Å². The Labute approximate surface area is 115 Å². The monoisotopic (exact) mass is 298 g/mol. The fraction of sp³-hybridized carbons (Fsp3) is 0.417. The van der Waals surface area contributed by atoms with Crippen molar-refractivity contribution in [1.82, 2.24) is 4.98 Å². The zero-order valence-electron chi connectivity index (χ0n) is 10.4. The summed E-state index contributed by atoms with van der Waals surface area (Å²) in [5.74, 6) is 0.773. The minimum Gasteiger partial charge on any atom is -0.494 e. The predicted molar refractivity (Wildman–Crippen MR) is 76.4 cm³/mol. The molecule has 0 spiro atoms. The first-order valence-corrected chi connectivity index (χ1v) is 8.50. The molecule has 0 radical (unpaired) electrons. The number of nitrogens with zero attached hydrogens (tertiary/aromatic N) is 1. The van der Waals surface area contributed by atoms with Crippen LogP contribution in [0.15, 0.2) is 18.2 Å². The van der Waals surface area contributed by atoms with Crippen LogP contribution in [0.4, 0.5) is 5.13 Å². The smallest absolute Gasteiger partial charge is 0.237 e. The van der Waals surface area contributed by atoms with E-state index in [0.717, 1.165) is 28.8 Å². The van der Waals surface area contributed by atoms with E-state index >= 15 is 0 Å². The molecule has 7 heteroatoms. The van der Waals surface area contributed by atoms with Gasteiger partial charge in [0.15, 0.2) is 5.13 Å². The van der Waals surface area contributed by atoms with E-state index in [-0.39, 0.29) is 5.25 Å². The van der Waals surface area contributed by atoms with Crippen LogP contribution in [0.1, 0.15) is 19.8 Å². The van der Waals surface area contributed by atoms with E-state index in [0.29, 0.717) is 11.7 Å². The van der Waals surface area contributed by atoms with E-state index in [1.807, 2.05) is 25.1 Å². The van der Waals surface area contributed by atoms with Crippen molar-refractivity contribution in [3.63, 3.8) is 0 Å². The highest BCUT2D eigenvalue weighted by Crippen LogP contribution is 2.33. The predicted octanol–water partition coefficient (Wildman–Crippen LogP) is 2.60. The number of anilines is 1. The van der Waals surface area contributed by atoms with Gasteiger partial charge in [0.05, 0.1) is 22.1 Å². The van der Waals surface area contributed by atoms with Crippen LogP contribution in [0.2, 0.25) is 0 Å². The molecule has 1 aromatic heterocycles. The first-order chi connectivity index (χ1) is 9.08. The van der Waals surface area contributed by atoms with Gasteiger partial charge in [-0.15, -0.1) is 0 Å². The Kier molecular flexibility index (Phi) is 3.10. The van der Waals surface area contributed by atoms with Crippen LogP contribution in [0.3, 0.4) is 0 Å². The summed E-state index contributed by atoms with van der Waals surface area (Å²) < 4.78 is 32.6. The molecule has 102 valence electrons. The number of fused-ring (bicyclic) bond motifs is 1. The second-order valence-electron chi connectivity index (χ2n) is 4.43. The van der Waals surface area contributed by atoms with E-state index in [1.54, 1.807) is 0 Å². The summed E-state index contributed by atoms with van der Waals surface area (Å²) in [5, 5.41) is 0.189. The number of nitrogens with one attached hydrogen (secondary N) is 1. The van der Waals surface area contributed by atoms with Crippen molar-refractivity contribution >= 4 is 36.7 Å². The van der Waals surface area contributed by atoms with Gasteiger partial charge in [-0.25, -0.2) is 13.4 Å². The minimum absolute atomic E-state index is 0.238. The summed E-state index contributed by atoms with van der Waals surface area (Å²) in [5.41, 5.74) is 0.780. The lowest BCUT2D eigenvalue weighted by atomic mass is 10.3. The maximum absolute atomic E-state index is 11.8. The van der Waals surface area contributed by atoms with E-state index in [9.17, 15) is 8.42 Å². The van der Waals surface area contributed by atoms with Crippen LogP contribution in [0.5, 0.6) is 5.75 Å². The van der Waals surface area contributed by atoms with Gasteiger partial charge >= 0.3 is 0 Å². The number of hydrogen-bond acceptors (Lipinski definition) is 5. The molecule has 0 amide bonds. The fourth-order valence-electron chi connectivity index (χ4n) is 1.79. The summed E-state index contributed by atoms with van der Waals surface area (Å²) in [7, 11) is -3.24. The Morgan fingerprint density at radius 1 is 1.47 bits per heavy atom. The van der Waals surface area contributed by atoms with Gasteiger partial charge < -0.3 is 4.74 Å². The molecule has 1 aliphatic carbocycles. The number of benzene rings is 1. The van der Waals surface area contributed by atoms with Gasteiger partial charge in [0, 0.05) is 0 Å². The third-order valence-corrected chi connectivity index (χ3v) is 5.75. The molecule has 2 aromatic rings. The summed E-state index contributed by atoms with van der Waals surface area (Å²) in [6, 6.07) is 5.56. The standard InChI is InChI=1S/C12H14N2O3S2/c1-2-17-8-3-6-10-11(7-8)18-12(13-10)14-19(15,16)9-4-5-9/h3,6-7,9H,2,4-5H2,1H3,(H,13,14).